The summed E-state index contributed by atoms with van der Waals surface area (Å²) in [7, 11) is -1.69. The third-order valence-corrected chi connectivity index (χ3v) is 6.83. The molecule has 8 heteroatoms. The molecule has 0 saturated carbocycles. The largest absolute Gasteiger partial charge is 0.456 e. The second kappa shape index (κ2) is 5.42. The predicted molar refractivity (Wildman–Crippen MR) is 92.2 cm³/mol. The molecule has 1 aliphatic carbocycles. The highest BCUT2D eigenvalue weighted by molar-refractivity contribution is 7.93. The number of nitrogens with zero attached hydrogens (tertiary/aromatic N) is 2. The fourth-order valence-electron chi connectivity index (χ4n) is 2.92. The average Bonchev–Trinajstić information content (AvgIpc) is 2.97. The Balaban J connectivity index is 2.25. The first-order valence-electron chi connectivity index (χ1n) is 7.59. The lowest BCUT2D eigenvalue weighted by atomic mass is 9.92. The maximum Gasteiger partial charge on any atom is 0.349 e. The number of hydrogen-bond donors (Lipinski definition) is 0. The van der Waals surface area contributed by atoms with Gasteiger partial charge in [0.1, 0.15) is 14.7 Å². The van der Waals surface area contributed by atoms with Crippen LogP contribution in [0.5, 0.6) is 0 Å². The first-order chi connectivity index (χ1) is 11.0. The number of fused-ring (bicyclic) bond motifs is 3. The third kappa shape index (κ3) is 2.88. The van der Waals surface area contributed by atoms with E-state index in [-0.39, 0.29) is 4.21 Å². The minimum atomic E-state index is -3.47. The highest BCUT2D eigenvalue weighted by Gasteiger charge is 2.35. The Morgan fingerprint density at radius 3 is 2.58 bits per heavy atom. The fourth-order valence-corrected chi connectivity index (χ4v) is 5.32. The fraction of sp³-hybridized carbons (Fsp3) is 0.500. The number of ether oxygens (including phenoxy) is 1. The Kier molecular flexibility index (Phi) is 3.88. The molecular formula is C16H20N2O4S2. The highest BCUT2D eigenvalue weighted by atomic mass is 32.2. The Morgan fingerprint density at radius 2 is 2.00 bits per heavy atom. The van der Waals surface area contributed by atoms with E-state index in [9.17, 15) is 13.2 Å². The molecule has 0 radical (unpaired) electrons. The second-order valence-electron chi connectivity index (χ2n) is 6.99. The van der Waals surface area contributed by atoms with E-state index in [0.717, 1.165) is 34.6 Å². The summed E-state index contributed by atoms with van der Waals surface area (Å²) in [4.78, 5) is 13.0. The van der Waals surface area contributed by atoms with Crippen molar-refractivity contribution in [3.63, 3.8) is 0 Å². The lowest BCUT2D eigenvalue weighted by Gasteiger charge is -2.20. The van der Waals surface area contributed by atoms with Gasteiger partial charge in [0.25, 0.3) is 0 Å². The number of aryl methyl sites for hydroxylation is 2. The Bertz CT molecular complexity index is 930. The van der Waals surface area contributed by atoms with Crippen molar-refractivity contribution in [1.82, 2.24) is 9.78 Å². The van der Waals surface area contributed by atoms with Crippen LogP contribution in [-0.4, -0.2) is 36.0 Å². The van der Waals surface area contributed by atoms with Gasteiger partial charge in [0.2, 0.25) is 0 Å². The predicted octanol–water partition coefficient (Wildman–Crippen LogP) is 2.61. The molecule has 0 aromatic carbocycles. The average molecular weight is 368 g/mol. The van der Waals surface area contributed by atoms with Crippen molar-refractivity contribution in [2.45, 2.75) is 43.4 Å². The molecule has 2 aromatic heterocycles. The van der Waals surface area contributed by atoms with E-state index < -0.39 is 21.4 Å². The maximum atomic E-state index is 12.6. The molecule has 1 aliphatic rings. The van der Waals surface area contributed by atoms with Gasteiger partial charge in [0.15, 0.2) is 9.84 Å². The molecule has 0 aliphatic heterocycles. The number of thiophene rings is 1. The van der Waals surface area contributed by atoms with Gasteiger partial charge in [0, 0.05) is 18.9 Å². The van der Waals surface area contributed by atoms with Crippen LogP contribution in [0.1, 0.15) is 41.6 Å². The van der Waals surface area contributed by atoms with Crippen LogP contribution in [0.4, 0.5) is 0 Å². The Morgan fingerprint density at radius 1 is 1.33 bits per heavy atom. The summed E-state index contributed by atoms with van der Waals surface area (Å²) in [5, 5.41) is 4.24. The van der Waals surface area contributed by atoms with Crippen molar-refractivity contribution in [1.29, 1.82) is 0 Å². The van der Waals surface area contributed by atoms with Crippen LogP contribution in [0.2, 0.25) is 0 Å². The van der Waals surface area contributed by atoms with Crippen molar-refractivity contribution in [2.24, 2.45) is 7.05 Å². The maximum absolute atomic E-state index is 12.6. The first-order valence-corrected chi connectivity index (χ1v) is 10.3. The van der Waals surface area contributed by atoms with Gasteiger partial charge in [-0.1, -0.05) is 0 Å². The van der Waals surface area contributed by atoms with E-state index in [1.807, 2.05) is 0 Å². The molecule has 2 heterocycles. The lowest BCUT2D eigenvalue weighted by molar-refractivity contribution is 0.00741. The van der Waals surface area contributed by atoms with E-state index in [4.69, 9.17) is 4.74 Å². The molecule has 2 aromatic rings. The van der Waals surface area contributed by atoms with Crippen molar-refractivity contribution >= 4 is 27.1 Å². The highest BCUT2D eigenvalue weighted by Crippen LogP contribution is 2.44. The van der Waals surface area contributed by atoms with E-state index in [2.05, 4.69) is 5.10 Å². The van der Waals surface area contributed by atoms with E-state index >= 15 is 0 Å². The number of carbonyl (C=O) groups excluding carboxylic acids is 1. The molecule has 130 valence electrons. The van der Waals surface area contributed by atoms with Gasteiger partial charge < -0.3 is 4.74 Å². The van der Waals surface area contributed by atoms with Crippen LogP contribution in [0.25, 0.3) is 11.3 Å². The smallest absolute Gasteiger partial charge is 0.349 e. The van der Waals surface area contributed by atoms with E-state index in [1.54, 1.807) is 38.7 Å². The summed E-state index contributed by atoms with van der Waals surface area (Å²) in [6, 6.07) is 0. The summed E-state index contributed by atoms with van der Waals surface area (Å²) < 4.78 is 32.0. The van der Waals surface area contributed by atoms with Crippen molar-refractivity contribution in [3.05, 3.63) is 22.2 Å². The monoisotopic (exact) mass is 368 g/mol. The number of rotatable bonds is 2. The summed E-state index contributed by atoms with van der Waals surface area (Å²) in [6.45, 7) is 5.38. The standard InChI is InChI=1S/C16H20N2O4S2/c1-16(2,3)22-14(19)13-10-7-6-9-8-17-18(4)12(9)11(10)15(23-13)24(5,20)21/h8H,6-7H2,1-5H3. The van der Waals surface area contributed by atoms with Crippen molar-refractivity contribution < 1.29 is 17.9 Å². The van der Waals surface area contributed by atoms with Gasteiger partial charge in [-0.3, -0.25) is 4.68 Å². The topological polar surface area (TPSA) is 78.3 Å². The quantitative estimate of drug-likeness (QED) is 0.762. The van der Waals surface area contributed by atoms with Crippen LogP contribution < -0.4 is 0 Å². The Labute approximate surface area is 145 Å². The number of esters is 1. The van der Waals surface area contributed by atoms with Crippen LogP contribution in [0.3, 0.4) is 0 Å². The number of aromatic nitrogens is 2. The second-order valence-corrected chi connectivity index (χ2v) is 10.2. The minimum absolute atomic E-state index is 0.211. The van der Waals surface area contributed by atoms with Gasteiger partial charge in [-0.2, -0.15) is 5.10 Å². The molecule has 0 amide bonds. The molecule has 0 atom stereocenters. The molecule has 24 heavy (non-hydrogen) atoms. The van der Waals surface area contributed by atoms with Crippen LogP contribution in [0.15, 0.2) is 10.4 Å². The van der Waals surface area contributed by atoms with Gasteiger partial charge >= 0.3 is 5.97 Å². The van der Waals surface area contributed by atoms with Gasteiger partial charge in [-0.15, -0.1) is 11.3 Å². The van der Waals surface area contributed by atoms with Crippen molar-refractivity contribution in [2.75, 3.05) is 6.26 Å². The lowest BCUT2D eigenvalue weighted by Crippen LogP contribution is -2.24. The van der Waals surface area contributed by atoms with E-state index in [1.165, 1.54) is 6.26 Å². The zero-order valence-corrected chi connectivity index (χ0v) is 16.0. The summed E-state index contributed by atoms with van der Waals surface area (Å²) >= 11 is 1.00. The number of carbonyl (C=O) groups is 1. The zero-order valence-electron chi connectivity index (χ0n) is 14.3. The third-order valence-electron chi connectivity index (χ3n) is 3.79. The zero-order chi connectivity index (χ0) is 17.9. The molecule has 3 rings (SSSR count). The molecule has 0 unspecified atom stereocenters. The molecule has 0 spiro atoms. The first kappa shape index (κ1) is 17.2. The SMILES string of the molecule is Cn1ncc2c1-c1c(S(C)(=O)=O)sc(C(=O)OC(C)(C)C)c1CC2. The summed E-state index contributed by atoms with van der Waals surface area (Å²) in [5.41, 5.74) is 2.52. The number of sulfone groups is 1. The summed E-state index contributed by atoms with van der Waals surface area (Å²) in [6.07, 6.45) is 4.26. The molecule has 0 fully saturated rings. The molecular weight excluding hydrogens is 348 g/mol. The number of hydrogen-bond acceptors (Lipinski definition) is 6. The molecule has 0 N–H and O–H groups in total. The van der Waals surface area contributed by atoms with Crippen LogP contribution in [-0.2, 0) is 34.5 Å². The van der Waals surface area contributed by atoms with Crippen LogP contribution in [0, 0.1) is 0 Å². The minimum Gasteiger partial charge on any atom is -0.456 e. The van der Waals surface area contributed by atoms with Gasteiger partial charge in [-0.25, -0.2) is 13.2 Å². The van der Waals surface area contributed by atoms with Gasteiger partial charge in [-0.05, 0) is 44.7 Å². The molecule has 0 saturated heterocycles. The normalized spacial score (nSPS) is 14.2. The van der Waals surface area contributed by atoms with Gasteiger partial charge in [0.05, 0.1) is 11.9 Å². The summed E-state index contributed by atoms with van der Waals surface area (Å²) in [5.74, 6) is -0.468. The van der Waals surface area contributed by atoms with E-state index in [0.29, 0.717) is 16.9 Å². The molecule has 0 bridgehead atoms. The van der Waals surface area contributed by atoms with Crippen molar-refractivity contribution in [3.8, 4) is 11.3 Å². The molecule has 6 nitrogen and oxygen atoms in total. The Hall–Kier alpha value is -1.67. The van der Waals surface area contributed by atoms with Crippen LogP contribution >= 0.6 is 11.3 Å².